The number of esters is 2. The number of carbonyl (C=O) groups excluding carboxylic acids is 2. The van der Waals surface area contributed by atoms with E-state index in [1.165, 1.54) is 12.8 Å². The number of likely N-dealkylation sites (N-methyl/N-ethyl adjacent to an activating group) is 1. The summed E-state index contributed by atoms with van der Waals surface area (Å²) in [5, 5.41) is 0. The number of allylic oxidation sites excluding steroid dienone is 12. The molecule has 2 atom stereocenters. The van der Waals surface area contributed by atoms with Crippen molar-refractivity contribution in [1.82, 2.24) is 0 Å². The lowest BCUT2D eigenvalue weighted by molar-refractivity contribution is -0.870. The third-order valence-corrected chi connectivity index (χ3v) is 9.17. The van der Waals surface area contributed by atoms with E-state index >= 15 is 0 Å². The fourth-order valence-electron chi connectivity index (χ4n) is 4.95. The number of hydrogen-bond acceptors (Lipinski definition) is 8. The van der Waals surface area contributed by atoms with Crippen molar-refractivity contribution in [3.8, 4) is 0 Å². The van der Waals surface area contributed by atoms with Crippen molar-refractivity contribution in [2.45, 2.75) is 148 Å². The first-order chi connectivity index (χ1) is 26.0. The number of quaternary nitrogens is 1. The molecule has 0 aliphatic rings. The largest absolute Gasteiger partial charge is 0.756 e. The molecule has 9 nitrogen and oxygen atoms in total. The Bertz CT molecular complexity index is 1150. The predicted molar refractivity (Wildman–Crippen MR) is 222 cm³/mol. The highest BCUT2D eigenvalue weighted by molar-refractivity contribution is 7.45. The molecule has 10 heteroatoms. The van der Waals surface area contributed by atoms with E-state index in [4.69, 9.17) is 18.5 Å². The molecule has 0 fully saturated rings. The van der Waals surface area contributed by atoms with Crippen LogP contribution in [-0.4, -0.2) is 70.0 Å². The number of rotatable bonds is 36. The highest BCUT2D eigenvalue weighted by Gasteiger charge is 2.21. The van der Waals surface area contributed by atoms with E-state index in [0.717, 1.165) is 89.9 Å². The van der Waals surface area contributed by atoms with Gasteiger partial charge in [0.25, 0.3) is 7.82 Å². The summed E-state index contributed by atoms with van der Waals surface area (Å²) in [6.45, 7) is 3.99. The zero-order valence-electron chi connectivity index (χ0n) is 34.6. The molecule has 0 aromatic heterocycles. The molecule has 54 heavy (non-hydrogen) atoms. The van der Waals surface area contributed by atoms with Gasteiger partial charge in [0, 0.05) is 12.8 Å². The minimum atomic E-state index is -4.63. The van der Waals surface area contributed by atoms with Crippen LogP contribution in [-0.2, 0) is 32.7 Å². The highest BCUT2D eigenvalue weighted by Crippen LogP contribution is 2.38. The SMILES string of the molecule is CC/C=C/C/C=C/C/C=C/C/C=C/C/C=C/CCCCCC(=O)OC[C@@H](COP(=O)([O-])OCC[N+](C)(C)C)OC(=O)CCCCCCC/C=C/CCCC. The van der Waals surface area contributed by atoms with E-state index in [2.05, 4.69) is 86.8 Å². The topological polar surface area (TPSA) is 111 Å². The summed E-state index contributed by atoms with van der Waals surface area (Å²) >= 11 is 0. The molecular weight excluding hydrogens is 701 g/mol. The predicted octanol–water partition coefficient (Wildman–Crippen LogP) is 10.8. The molecule has 0 heterocycles. The van der Waals surface area contributed by atoms with Crippen LogP contribution in [0.25, 0.3) is 0 Å². The Morgan fingerprint density at radius 3 is 1.61 bits per heavy atom. The number of carbonyl (C=O) groups is 2. The van der Waals surface area contributed by atoms with Gasteiger partial charge in [0.15, 0.2) is 6.10 Å². The molecule has 0 aromatic rings. The normalized spacial score (nSPS) is 14.4. The van der Waals surface area contributed by atoms with Crippen molar-refractivity contribution in [1.29, 1.82) is 0 Å². The smallest absolute Gasteiger partial charge is 0.306 e. The third kappa shape index (κ3) is 39.2. The Morgan fingerprint density at radius 1 is 0.593 bits per heavy atom. The van der Waals surface area contributed by atoms with Gasteiger partial charge in [-0.25, -0.2) is 0 Å². The van der Waals surface area contributed by atoms with Crippen LogP contribution in [0.15, 0.2) is 72.9 Å². The molecule has 0 radical (unpaired) electrons. The molecular formula is C44H76NO8P. The minimum absolute atomic E-state index is 0.0417. The van der Waals surface area contributed by atoms with Gasteiger partial charge in [0.1, 0.15) is 19.8 Å². The Hall–Kier alpha value is -2.55. The van der Waals surface area contributed by atoms with E-state index in [0.29, 0.717) is 23.9 Å². The van der Waals surface area contributed by atoms with Gasteiger partial charge in [-0.3, -0.25) is 14.2 Å². The fourth-order valence-corrected chi connectivity index (χ4v) is 5.68. The van der Waals surface area contributed by atoms with E-state index in [9.17, 15) is 19.0 Å². The van der Waals surface area contributed by atoms with Crippen LogP contribution in [0.4, 0.5) is 0 Å². The molecule has 1 unspecified atom stereocenters. The number of phosphoric ester groups is 1. The van der Waals surface area contributed by atoms with Gasteiger partial charge in [-0.05, 0) is 77.0 Å². The second-order valence-electron chi connectivity index (χ2n) is 14.6. The van der Waals surface area contributed by atoms with E-state index < -0.39 is 32.5 Å². The second kappa shape index (κ2) is 36.1. The maximum absolute atomic E-state index is 12.6. The van der Waals surface area contributed by atoms with Crippen LogP contribution in [0, 0.1) is 0 Å². The van der Waals surface area contributed by atoms with Crippen LogP contribution in [0.2, 0.25) is 0 Å². The molecule has 0 spiro atoms. The molecule has 0 saturated heterocycles. The van der Waals surface area contributed by atoms with E-state index in [1.807, 2.05) is 21.1 Å². The van der Waals surface area contributed by atoms with E-state index in [1.54, 1.807) is 0 Å². The minimum Gasteiger partial charge on any atom is -0.756 e. The lowest BCUT2D eigenvalue weighted by Gasteiger charge is -2.28. The summed E-state index contributed by atoms with van der Waals surface area (Å²) in [4.78, 5) is 37.4. The molecule has 0 aromatic carbocycles. The molecule has 0 aliphatic carbocycles. The van der Waals surface area contributed by atoms with Gasteiger partial charge in [0.2, 0.25) is 0 Å². The van der Waals surface area contributed by atoms with Gasteiger partial charge in [-0.1, -0.05) is 125 Å². The van der Waals surface area contributed by atoms with Crippen LogP contribution < -0.4 is 4.89 Å². The van der Waals surface area contributed by atoms with Crippen molar-refractivity contribution in [2.75, 3.05) is 47.5 Å². The Kier molecular flexibility index (Phi) is 34.4. The maximum Gasteiger partial charge on any atom is 0.306 e. The Labute approximate surface area is 329 Å². The van der Waals surface area contributed by atoms with Gasteiger partial charge in [0.05, 0.1) is 27.7 Å². The molecule has 0 aliphatic heterocycles. The summed E-state index contributed by atoms with van der Waals surface area (Å²) in [7, 11) is 1.13. The number of phosphoric acid groups is 1. The van der Waals surface area contributed by atoms with Gasteiger partial charge >= 0.3 is 11.9 Å². The maximum atomic E-state index is 12.6. The quantitative estimate of drug-likeness (QED) is 0.0203. The number of nitrogens with zero attached hydrogens (tertiary/aromatic N) is 1. The monoisotopic (exact) mass is 778 g/mol. The van der Waals surface area contributed by atoms with Crippen molar-refractivity contribution in [3.63, 3.8) is 0 Å². The average molecular weight is 778 g/mol. The summed E-state index contributed by atoms with van der Waals surface area (Å²) in [6.07, 6.45) is 43.6. The standard InChI is InChI=1S/C44H76NO8P/c1-6-8-10-12-14-16-18-19-20-21-22-23-24-25-27-28-30-32-34-36-43(46)50-40-42(41-52-54(48,49)51-39-38-45(3,4)5)53-44(47)37-35-33-31-29-26-17-15-13-11-9-7-2/h8,10,13-16,19-20,22-23,25,27,42H,6-7,9,11-12,17-18,21,24,26,28-41H2,1-5H3/b10-8+,15-13+,16-14+,20-19+,23-22+,27-25+/t42-/m0/s1. The van der Waals surface area contributed by atoms with E-state index in [-0.39, 0.29) is 26.1 Å². The molecule has 0 bridgehead atoms. The van der Waals surface area contributed by atoms with Crippen LogP contribution in [0.3, 0.4) is 0 Å². The first-order valence-electron chi connectivity index (χ1n) is 20.6. The van der Waals surface area contributed by atoms with Crippen LogP contribution >= 0.6 is 7.82 Å². The summed E-state index contributed by atoms with van der Waals surface area (Å²) in [6, 6.07) is 0. The molecule has 0 N–H and O–H groups in total. The lowest BCUT2D eigenvalue weighted by atomic mass is 10.1. The molecule has 0 rings (SSSR count). The van der Waals surface area contributed by atoms with Crippen molar-refractivity contribution >= 4 is 19.8 Å². The van der Waals surface area contributed by atoms with Gasteiger partial charge in [-0.15, -0.1) is 0 Å². The van der Waals surface area contributed by atoms with Crippen LogP contribution in [0.5, 0.6) is 0 Å². The highest BCUT2D eigenvalue weighted by atomic mass is 31.2. The fraction of sp³-hybridized carbons (Fsp3) is 0.682. The summed E-state index contributed by atoms with van der Waals surface area (Å²) in [5.74, 6) is -0.893. The van der Waals surface area contributed by atoms with Crippen molar-refractivity contribution in [3.05, 3.63) is 72.9 Å². The first-order valence-corrected chi connectivity index (χ1v) is 22.1. The first kappa shape index (κ1) is 51.5. The average Bonchev–Trinajstić information content (AvgIpc) is 3.12. The van der Waals surface area contributed by atoms with Crippen molar-refractivity contribution in [2.24, 2.45) is 0 Å². The van der Waals surface area contributed by atoms with Gasteiger partial charge in [-0.2, -0.15) is 0 Å². The van der Waals surface area contributed by atoms with Crippen LogP contribution in [0.1, 0.15) is 142 Å². The molecule has 0 saturated carbocycles. The number of unbranched alkanes of at least 4 members (excludes halogenated alkanes) is 10. The summed E-state index contributed by atoms with van der Waals surface area (Å²) in [5.41, 5.74) is 0. The zero-order valence-corrected chi connectivity index (χ0v) is 35.5. The van der Waals surface area contributed by atoms with Gasteiger partial charge < -0.3 is 27.9 Å². The third-order valence-electron chi connectivity index (χ3n) is 8.21. The number of hydrogen-bond donors (Lipinski definition) is 0. The Morgan fingerprint density at radius 2 is 1.06 bits per heavy atom. The molecule has 310 valence electrons. The zero-order chi connectivity index (χ0) is 40.0. The lowest BCUT2D eigenvalue weighted by Crippen LogP contribution is -2.37. The molecule has 0 amide bonds. The Balaban J connectivity index is 4.45. The second-order valence-corrected chi connectivity index (χ2v) is 16.0. The number of ether oxygens (including phenoxy) is 2. The summed E-state index contributed by atoms with van der Waals surface area (Å²) < 4.78 is 33.7. The van der Waals surface area contributed by atoms with Crippen molar-refractivity contribution < 1.29 is 42.1 Å².